The molecule has 1 saturated heterocycles. The van der Waals surface area contributed by atoms with Gasteiger partial charge in [0.15, 0.2) is 23.2 Å². The Hall–Kier alpha value is -3.19. The number of amides is 1. The van der Waals surface area contributed by atoms with Crippen molar-refractivity contribution < 1.29 is 24.9 Å². The standard InChI is InChI=1S/C19H25N7O5/c1-4-10(21-5-2)6-7-22-18(30)16-24-15(20-3)12-17(25-16)26(9-23-12)19-14(29)13(28)11(8-27)31-19/h4-5,9,11,13-14,19,27-29H,1-2,6-8H2,3H3,(H,22,30)(H,20,24,25)/t11-,13-,14-,19-/m1/s1. The highest BCUT2D eigenvalue weighted by Gasteiger charge is 2.44. The molecule has 0 unspecified atom stereocenters. The monoisotopic (exact) mass is 431 g/mol. The largest absolute Gasteiger partial charge is 0.394 e. The van der Waals surface area contributed by atoms with Crippen LogP contribution in [0.1, 0.15) is 23.3 Å². The zero-order valence-corrected chi connectivity index (χ0v) is 17.0. The fraction of sp³-hybridized carbons (Fsp3) is 0.421. The molecule has 2 aromatic rings. The maximum atomic E-state index is 12.6. The van der Waals surface area contributed by atoms with Crippen molar-refractivity contribution in [2.24, 2.45) is 4.99 Å². The minimum absolute atomic E-state index is 0.119. The summed E-state index contributed by atoms with van der Waals surface area (Å²) < 4.78 is 6.94. The number of nitrogens with zero attached hydrogens (tertiary/aromatic N) is 5. The lowest BCUT2D eigenvalue weighted by molar-refractivity contribution is -0.0511. The number of anilines is 1. The molecule has 0 bridgehead atoms. The van der Waals surface area contributed by atoms with Crippen LogP contribution in [0.3, 0.4) is 0 Å². The molecular formula is C19H25N7O5. The van der Waals surface area contributed by atoms with Crippen LogP contribution in [0.4, 0.5) is 5.82 Å². The van der Waals surface area contributed by atoms with Crippen molar-refractivity contribution in [3.63, 3.8) is 0 Å². The topological polar surface area (TPSA) is 167 Å². The van der Waals surface area contributed by atoms with Crippen LogP contribution < -0.4 is 10.6 Å². The van der Waals surface area contributed by atoms with Gasteiger partial charge in [0, 0.05) is 31.9 Å². The summed E-state index contributed by atoms with van der Waals surface area (Å²) in [6.45, 7) is 7.00. The van der Waals surface area contributed by atoms with Crippen molar-refractivity contribution in [3.05, 3.63) is 37.6 Å². The van der Waals surface area contributed by atoms with Crippen molar-refractivity contribution in [2.45, 2.75) is 31.0 Å². The number of rotatable bonds is 9. The van der Waals surface area contributed by atoms with Gasteiger partial charge in [-0.2, -0.15) is 0 Å². The molecule has 0 aromatic carbocycles. The first-order valence-corrected chi connectivity index (χ1v) is 9.58. The number of fused-ring (bicyclic) bond motifs is 1. The zero-order chi connectivity index (χ0) is 22.5. The van der Waals surface area contributed by atoms with Gasteiger partial charge in [0.1, 0.15) is 18.3 Å². The molecule has 4 atom stereocenters. The van der Waals surface area contributed by atoms with Crippen LogP contribution >= 0.6 is 0 Å². The summed E-state index contributed by atoms with van der Waals surface area (Å²) in [7, 11) is 1.62. The second-order valence-electron chi connectivity index (χ2n) is 6.71. The van der Waals surface area contributed by atoms with Gasteiger partial charge in [-0.15, -0.1) is 0 Å². The summed E-state index contributed by atoms with van der Waals surface area (Å²) in [6, 6.07) is 0. The van der Waals surface area contributed by atoms with E-state index in [0.717, 1.165) is 0 Å². The molecule has 2 aromatic heterocycles. The summed E-state index contributed by atoms with van der Waals surface area (Å²) in [4.78, 5) is 29.4. The molecule has 12 heteroatoms. The smallest absolute Gasteiger partial charge is 0.289 e. The number of hydrogen-bond donors (Lipinski definition) is 5. The minimum atomic E-state index is -1.32. The van der Waals surface area contributed by atoms with Crippen molar-refractivity contribution in [3.8, 4) is 0 Å². The number of hydrogen-bond acceptors (Lipinski definition) is 10. The summed E-state index contributed by atoms with van der Waals surface area (Å²) in [5, 5.41) is 35.3. The van der Waals surface area contributed by atoms with Crippen LogP contribution in [-0.4, -0.2) is 85.0 Å². The minimum Gasteiger partial charge on any atom is -0.394 e. The molecule has 3 heterocycles. The van der Waals surface area contributed by atoms with E-state index in [0.29, 0.717) is 23.5 Å². The average molecular weight is 431 g/mol. The van der Waals surface area contributed by atoms with Gasteiger partial charge in [-0.3, -0.25) is 14.4 Å². The van der Waals surface area contributed by atoms with Crippen molar-refractivity contribution in [1.29, 1.82) is 0 Å². The molecule has 1 aliphatic rings. The number of aliphatic imine (C=N–C) groups is 1. The highest BCUT2D eigenvalue weighted by molar-refractivity contribution is 5.97. The predicted molar refractivity (Wildman–Crippen MR) is 113 cm³/mol. The highest BCUT2D eigenvalue weighted by atomic mass is 16.6. The molecule has 1 fully saturated rings. The number of aliphatic hydroxyl groups is 3. The molecule has 0 aliphatic carbocycles. The van der Waals surface area contributed by atoms with Gasteiger partial charge in [0.05, 0.1) is 12.9 Å². The first kappa shape index (κ1) is 22.5. The van der Waals surface area contributed by atoms with Gasteiger partial charge in [-0.1, -0.05) is 13.2 Å². The Morgan fingerprint density at radius 2 is 2.13 bits per heavy atom. The van der Waals surface area contributed by atoms with Gasteiger partial charge in [0.25, 0.3) is 5.91 Å². The van der Waals surface area contributed by atoms with E-state index in [9.17, 15) is 20.1 Å². The fourth-order valence-electron chi connectivity index (χ4n) is 3.21. The van der Waals surface area contributed by atoms with Crippen LogP contribution in [0.15, 0.2) is 36.8 Å². The van der Waals surface area contributed by atoms with E-state index in [1.807, 2.05) is 0 Å². The Labute approximate surface area is 178 Å². The fourth-order valence-corrected chi connectivity index (χ4v) is 3.21. The quantitative estimate of drug-likeness (QED) is 0.325. The Bertz CT molecular complexity index is 1000. The Morgan fingerprint density at radius 1 is 1.35 bits per heavy atom. The van der Waals surface area contributed by atoms with E-state index in [1.165, 1.54) is 17.1 Å². The first-order valence-electron chi connectivity index (χ1n) is 9.58. The molecule has 0 radical (unpaired) electrons. The molecule has 5 N–H and O–H groups in total. The molecule has 3 rings (SSSR count). The second kappa shape index (κ2) is 9.75. The number of imidazole rings is 1. The third-order valence-corrected chi connectivity index (χ3v) is 4.81. The van der Waals surface area contributed by atoms with E-state index < -0.39 is 37.1 Å². The van der Waals surface area contributed by atoms with Crippen LogP contribution in [0.2, 0.25) is 0 Å². The van der Waals surface area contributed by atoms with Crippen molar-refractivity contribution in [1.82, 2.24) is 24.8 Å². The maximum absolute atomic E-state index is 12.6. The molecule has 0 saturated carbocycles. The number of carbonyl (C=O) groups excluding carboxylic acids is 1. The SMILES string of the molecule is C=CN=C(C=C)CCNC(=O)c1nc(NC)c2ncn([C@@H]3O[C@H](CO)[C@@H](O)[C@H]3O)c2n1. The Morgan fingerprint density at radius 3 is 2.74 bits per heavy atom. The summed E-state index contributed by atoms with van der Waals surface area (Å²) in [5.74, 6) is -0.332. The predicted octanol–water partition coefficient (Wildman–Crippen LogP) is -0.630. The van der Waals surface area contributed by atoms with E-state index >= 15 is 0 Å². The Kier molecular flexibility index (Phi) is 7.07. The average Bonchev–Trinajstić information content (AvgIpc) is 3.33. The number of allylic oxidation sites excluding steroid dienone is 1. The molecule has 1 aliphatic heterocycles. The number of ether oxygens (including phenoxy) is 1. The third-order valence-electron chi connectivity index (χ3n) is 4.81. The lowest BCUT2D eigenvalue weighted by Crippen LogP contribution is -2.33. The molecule has 166 valence electrons. The van der Waals surface area contributed by atoms with E-state index in [1.54, 1.807) is 13.1 Å². The van der Waals surface area contributed by atoms with Gasteiger partial charge in [0.2, 0.25) is 5.82 Å². The summed E-state index contributed by atoms with van der Waals surface area (Å²) in [5.41, 5.74) is 1.24. The first-order chi connectivity index (χ1) is 14.9. The van der Waals surface area contributed by atoms with Crippen molar-refractivity contribution in [2.75, 3.05) is 25.5 Å². The maximum Gasteiger partial charge on any atom is 0.289 e. The van der Waals surface area contributed by atoms with Gasteiger partial charge in [-0.05, 0) is 6.08 Å². The molecule has 0 spiro atoms. The number of carbonyl (C=O) groups is 1. The zero-order valence-electron chi connectivity index (χ0n) is 17.0. The lowest BCUT2D eigenvalue weighted by atomic mass is 10.1. The molecule has 31 heavy (non-hydrogen) atoms. The number of nitrogens with one attached hydrogen (secondary N) is 2. The van der Waals surface area contributed by atoms with Crippen LogP contribution in [0.25, 0.3) is 11.2 Å². The third kappa shape index (κ3) is 4.46. The summed E-state index contributed by atoms with van der Waals surface area (Å²) >= 11 is 0. The summed E-state index contributed by atoms with van der Waals surface area (Å²) in [6.07, 6.45) is 0.189. The molecule has 1 amide bonds. The molecular weight excluding hydrogens is 406 g/mol. The Balaban J connectivity index is 1.88. The van der Waals surface area contributed by atoms with Crippen LogP contribution in [0.5, 0.6) is 0 Å². The van der Waals surface area contributed by atoms with Crippen molar-refractivity contribution >= 4 is 28.6 Å². The van der Waals surface area contributed by atoms with Gasteiger partial charge in [-0.25, -0.2) is 15.0 Å². The van der Waals surface area contributed by atoms with E-state index in [4.69, 9.17) is 4.74 Å². The highest BCUT2D eigenvalue weighted by Crippen LogP contribution is 2.32. The van der Waals surface area contributed by atoms with E-state index in [-0.39, 0.29) is 18.0 Å². The van der Waals surface area contributed by atoms with Gasteiger partial charge >= 0.3 is 0 Å². The number of aliphatic hydroxyl groups excluding tert-OH is 3. The van der Waals surface area contributed by atoms with Gasteiger partial charge < -0.3 is 30.7 Å². The number of aromatic nitrogens is 4. The lowest BCUT2D eigenvalue weighted by Gasteiger charge is -2.17. The molecule has 12 nitrogen and oxygen atoms in total. The van der Waals surface area contributed by atoms with Crippen LogP contribution in [0, 0.1) is 0 Å². The normalized spacial score (nSPS) is 23.7. The van der Waals surface area contributed by atoms with E-state index in [2.05, 4.69) is 43.7 Å². The van der Waals surface area contributed by atoms with Crippen LogP contribution in [-0.2, 0) is 4.74 Å². The second-order valence-corrected chi connectivity index (χ2v) is 6.71.